The van der Waals surface area contributed by atoms with Crippen LogP contribution < -0.4 is 14.8 Å². The van der Waals surface area contributed by atoms with Gasteiger partial charge < -0.3 is 39.5 Å². The van der Waals surface area contributed by atoms with Crippen molar-refractivity contribution in [3.05, 3.63) is 156 Å². The molecule has 3 N–H and O–H groups in total. The molecule has 1 saturated carbocycles. The van der Waals surface area contributed by atoms with Gasteiger partial charge in [-0.2, -0.15) is 0 Å². The number of carbonyl (C=O) groups is 2. The van der Waals surface area contributed by atoms with E-state index in [0.717, 1.165) is 72.8 Å². The Morgan fingerprint density at radius 2 is 1.49 bits per heavy atom. The standard InChI is InChI=1S/C61H78FN3O8/c1-3-5-6-7-8-9-10-11-18-29-57(68)65(43-46-30-32-49(62)33-31-46)56-41-54(64-71-44-47-25-16-13-17-26-47)52-39-48(27-19-21-36-66)51(28-20-22-37-67)58-53-40-50(72-60(69)63-42-45-23-14-12-15-24-45)34-35-55(53)73-61(56,59(52)58)70-38-4-2/h4,12-17,23-26,30-35,39-40,48,51,56,58-59,66-67H,2-3,5-11,18-22,27-29,36-38,41-44H2,1H3,(H,63,69). The number of allylic oxidation sites excluding steroid dienone is 1. The van der Waals surface area contributed by atoms with Crippen molar-refractivity contribution in [2.45, 2.75) is 154 Å². The molecule has 3 aliphatic rings. The molecule has 7 rings (SSSR count). The summed E-state index contributed by atoms with van der Waals surface area (Å²) >= 11 is 0. The third kappa shape index (κ3) is 14.9. The molecule has 6 unspecified atom stereocenters. The minimum Gasteiger partial charge on any atom is -0.459 e. The summed E-state index contributed by atoms with van der Waals surface area (Å²) in [5.41, 5.74) is 5.06. The van der Waals surface area contributed by atoms with Gasteiger partial charge in [0.15, 0.2) is 0 Å². The second-order valence-corrected chi connectivity index (χ2v) is 20.0. The van der Waals surface area contributed by atoms with Gasteiger partial charge in [0.1, 0.15) is 30.0 Å². The molecule has 11 nitrogen and oxygen atoms in total. The highest BCUT2D eigenvalue weighted by Gasteiger charge is 2.65. The monoisotopic (exact) mass is 1000 g/mol. The van der Waals surface area contributed by atoms with Crippen LogP contribution in [0.5, 0.6) is 11.5 Å². The number of oxime groups is 1. The van der Waals surface area contributed by atoms with Crippen molar-refractivity contribution >= 4 is 17.7 Å². The van der Waals surface area contributed by atoms with Crippen LogP contribution in [0.2, 0.25) is 0 Å². The van der Waals surface area contributed by atoms with Gasteiger partial charge in [-0.25, -0.2) is 9.18 Å². The predicted octanol–water partition coefficient (Wildman–Crippen LogP) is 12.9. The molecule has 1 heterocycles. The average Bonchev–Trinajstić information content (AvgIpc) is 3.41. The molecule has 392 valence electrons. The number of unbranched alkanes of at least 4 members (excludes halogenated alkanes) is 10. The normalized spacial score (nSPS) is 21.3. The molecular formula is C61H78FN3O8. The first-order valence-electron chi connectivity index (χ1n) is 27.1. The number of rotatable bonds is 30. The summed E-state index contributed by atoms with van der Waals surface area (Å²) in [7, 11) is 0. The Morgan fingerprint density at radius 1 is 0.822 bits per heavy atom. The Kier molecular flexibility index (Phi) is 21.5. The Labute approximate surface area is 432 Å². The number of carbonyl (C=O) groups excluding carboxylic acids is 2. The molecule has 2 amide bonds. The van der Waals surface area contributed by atoms with E-state index in [2.05, 4.69) is 24.9 Å². The smallest absolute Gasteiger partial charge is 0.412 e. The number of aliphatic hydroxyl groups excluding tert-OH is 2. The van der Waals surface area contributed by atoms with Gasteiger partial charge in [-0.1, -0.05) is 161 Å². The number of halogens is 1. The highest BCUT2D eigenvalue weighted by atomic mass is 19.1. The molecule has 1 aliphatic heterocycles. The Hall–Kier alpha value is -5.82. The topological polar surface area (TPSA) is 139 Å². The molecular weight excluding hydrogens is 922 g/mol. The van der Waals surface area contributed by atoms with Crippen molar-refractivity contribution in [2.24, 2.45) is 22.9 Å². The van der Waals surface area contributed by atoms with Crippen LogP contribution >= 0.6 is 0 Å². The molecule has 4 aromatic rings. The zero-order chi connectivity index (χ0) is 51.3. The van der Waals surface area contributed by atoms with E-state index < -0.39 is 23.8 Å². The highest BCUT2D eigenvalue weighted by molar-refractivity contribution is 6.03. The number of aliphatic hydroxyl groups is 2. The fourth-order valence-corrected chi connectivity index (χ4v) is 11.3. The molecule has 0 saturated heterocycles. The number of nitrogens with zero attached hydrogens (tertiary/aromatic N) is 2. The van der Waals surface area contributed by atoms with E-state index in [1.807, 2.05) is 77.7 Å². The van der Waals surface area contributed by atoms with Gasteiger partial charge in [0.2, 0.25) is 11.7 Å². The quantitative estimate of drug-likeness (QED) is 0.0267. The summed E-state index contributed by atoms with van der Waals surface area (Å²) < 4.78 is 35.2. The van der Waals surface area contributed by atoms with Crippen LogP contribution in [0.3, 0.4) is 0 Å². The largest absolute Gasteiger partial charge is 0.459 e. The van der Waals surface area contributed by atoms with E-state index >= 15 is 4.79 Å². The van der Waals surface area contributed by atoms with Crippen molar-refractivity contribution in [3.8, 4) is 11.5 Å². The first-order chi connectivity index (χ1) is 35.8. The number of fused-ring (bicyclic) bond motifs is 2. The molecule has 0 radical (unpaired) electrons. The summed E-state index contributed by atoms with van der Waals surface area (Å²) in [6.45, 7) is 7.23. The Morgan fingerprint density at radius 3 is 2.18 bits per heavy atom. The van der Waals surface area contributed by atoms with E-state index in [1.54, 1.807) is 24.3 Å². The fourth-order valence-electron chi connectivity index (χ4n) is 11.3. The fraction of sp³-hybridized carbons (Fsp3) is 0.492. The van der Waals surface area contributed by atoms with Crippen molar-refractivity contribution < 1.29 is 43.2 Å². The van der Waals surface area contributed by atoms with Crippen molar-refractivity contribution in [2.75, 3.05) is 19.8 Å². The number of benzene rings is 4. The maximum absolute atomic E-state index is 15.3. The number of hydrogen-bond acceptors (Lipinski definition) is 9. The molecule has 0 spiro atoms. The summed E-state index contributed by atoms with van der Waals surface area (Å²) in [6.07, 6.45) is 18.2. The van der Waals surface area contributed by atoms with Gasteiger partial charge >= 0.3 is 6.09 Å². The van der Waals surface area contributed by atoms with Crippen molar-refractivity contribution in [3.63, 3.8) is 0 Å². The van der Waals surface area contributed by atoms with E-state index in [-0.39, 0.29) is 68.9 Å². The van der Waals surface area contributed by atoms with Crippen LogP contribution in [0.1, 0.15) is 144 Å². The molecule has 73 heavy (non-hydrogen) atoms. The van der Waals surface area contributed by atoms with Crippen LogP contribution in [0.15, 0.2) is 133 Å². The van der Waals surface area contributed by atoms with Crippen LogP contribution in [-0.4, -0.2) is 64.5 Å². The molecule has 1 fully saturated rings. The highest BCUT2D eigenvalue weighted by Crippen LogP contribution is 2.62. The van der Waals surface area contributed by atoms with E-state index in [9.17, 15) is 19.4 Å². The van der Waals surface area contributed by atoms with Gasteiger partial charge in [-0.15, -0.1) is 6.58 Å². The van der Waals surface area contributed by atoms with Gasteiger partial charge in [-0.3, -0.25) is 4.79 Å². The molecule has 2 aliphatic carbocycles. The molecule has 6 atom stereocenters. The number of amides is 2. The zero-order valence-electron chi connectivity index (χ0n) is 42.9. The second-order valence-electron chi connectivity index (χ2n) is 20.0. The lowest BCUT2D eigenvalue weighted by atomic mass is 9.55. The summed E-state index contributed by atoms with van der Waals surface area (Å²) in [4.78, 5) is 36.9. The predicted molar refractivity (Wildman–Crippen MR) is 284 cm³/mol. The minimum atomic E-state index is -1.49. The Balaban J connectivity index is 1.35. The molecule has 0 bridgehead atoms. The van der Waals surface area contributed by atoms with E-state index in [0.29, 0.717) is 49.4 Å². The first-order valence-corrected chi connectivity index (χ1v) is 27.1. The Bertz CT molecular complexity index is 2400. The van der Waals surface area contributed by atoms with Crippen LogP contribution in [0.25, 0.3) is 0 Å². The van der Waals surface area contributed by atoms with E-state index in [1.165, 1.54) is 44.2 Å². The van der Waals surface area contributed by atoms with Crippen LogP contribution in [0, 0.1) is 23.6 Å². The third-order valence-electron chi connectivity index (χ3n) is 14.8. The van der Waals surface area contributed by atoms with Gasteiger partial charge in [-0.05, 0) is 96.5 Å². The maximum Gasteiger partial charge on any atom is 0.412 e. The van der Waals surface area contributed by atoms with E-state index in [4.69, 9.17) is 24.2 Å². The lowest BCUT2D eigenvalue weighted by Gasteiger charge is -2.60. The lowest BCUT2D eigenvalue weighted by Crippen LogP contribution is -2.70. The lowest BCUT2D eigenvalue weighted by molar-refractivity contribution is -0.258. The first kappa shape index (κ1) is 54.9. The third-order valence-corrected chi connectivity index (χ3v) is 14.8. The SMILES string of the molecule is C=CCOC12Oc3ccc(OC(=O)NCc4ccccc4)cc3C3C(CCCCO)C(CCCCO)C=C(C(=NOCc4ccccc4)CC1N(Cc1ccc(F)cc1)C(=O)CCCCCCCCCCC)C32. The molecule has 12 heteroatoms. The van der Waals surface area contributed by atoms with Crippen LogP contribution in [0.4, 0.5) is 9.18 Å². The summed E-state index contributed by atoms with van der Waals surface area (Å²) in [6, 6.07) is 30.5. The minimum absolute atomic E-state index is 0.00256. The second kappa shape index (κ2) is 28.6. The maximum atomic E-state index is 15.3. The van der Waals surface area contributed by atoms with Gasteiger partial charge in [0.25, 0.3) is 0 Å². The number of ether oxygens (including phenoxy) is 3. The van der Waals surface area contributed by atoms with Gasteiger partial charge in [0.05, 0.1) is 18.2 Å². The van der Waals surface area contributed by atoms with Crippen molar-refractivity contribution in [1.29, 1.82) is 0 Å². The van der Waals surface area contributed by atoms with Gasteiger partial charge in [0, 0.05) is 50.6 Å². The number of nitrogens with one attached hydrogen (secondary N) is 1. The number of hydrogen-bond donors (Lipinski definition) is 3. The molecule has 0 aromatic heterocycles. The zero-order valence-corrected chi connectivity index (χ0v) is 42.9. The summed E-state index contributed by atoms with van der Waals surface area (Å²) in [5, 5.41) is 28.0. The van der Waals surface area contributed by atoms with Crippen molar-refractivity contribution in [1.82, 2.24) is 10.2 Å². The molecule has 4 aromatic carbocycles. The summed E-state index contributed by atoms with van der Waals surface area (Å²) in [5.74, 6) is -1.97. The van der Waals surface area contributed by atoms with Crippen LogP contribution in [-0.2, 0) is 34.1 Å². The average molecular weight is 1000 g/mol.